The third kappa shape index (κ3) is 4.06. The monoisotopic (exact) mass is 431 g/mol. The van der Waals surface area contributed by atoms with Crippen molar-refractivity contribution in [3.8, 4) is 10.6 Å². The number of hydrogen-bond donors (Lipinski definition) is 0. The lowest BCUT2D eigenvalue weighted by molar-refractivity contribution is -0.148. The van der Waals surface area contributed by atoms with E-state index in [9.17, 15) is 18.0 Å². The Morgan fingerprint density at radius 2 is 1.97 bits per heavy atom. The van der Waals surface area contributed by atoms with Crippen molar-refractivity contribution in [2.24, 2.45) is 0 Å². The number of carbonyl (C=O) groups excluding carboxylic acids is 1. The first-order chi connectivity index (χ1) is 14.4. The maximum atomic E-state index is 13.6. The smallest absolute Gasteiger partial charge is 0.320 e. The molecule has 1 unspecified atom stereocenters. The summed E-state index contributed by atoms with van der Waals surface area (Å²) < 4.78 is 46.6. The van der Waals surface area contributed by atoms with Gasteiger partial charge in [-0.05, 0) is 31.2 Å². The highest BCUT2D eigenvalue weighted by Gasteiger charge is 2.24. The zero-order valence-electron chi connectivity index (χ0n) is 15.8. The minimum absolute atomic E-state index is 0.0294. The highest BCUT2D eigenvalue weighted by Crippen LogP contribution is 2.29. The molecule has 0 aliphatic rings. The van der Waals surface area contributed by atoms with Crippen molar-refractivity contribution in [3.05, 3.63) is 71.2 Å². The number of imidazole rings is 1. The fourth-order valence-electron chi connectivity index (χ4n) is 3.14. The van der Waals surface area contributed by atoms with Crippen molar-refractivity contribution in [1.29, 1.82) is 0 Å². The molecule has 4 rings (SSSR count). The second kappa shape index (κ2) is 8.27. The number of nitrogens with zero attached hydrogens (tertiary/aromatic N) is 3. The summed E-state index contributed by atoms with van der Waals surface area (Å²) in [6, 6.07) is 12.5. The van der Waals surface area contributed by atoms with Gasteiger partial charge in [-0.2, -0.15) is 8.78 Å². The van der Waals surface area contributed by atoms with E-state index in [0.29, 0.717) is 21.8 Å². The Hall–Kier alpha value is -3.20. The lowest BCUT2D eigenvalue weighted by Gasteiger charge is -2.14. The predicted octanol–water partition coefficient (Wildman–Crippen LogP) is 5.54. The van der Waals surface area contributed by atoms with Crippen molar-refractivity contribution in [2.45, 2.75) is 26.0 Å². The molecule has 9 heteroatoms. The van der Waals surface area contributed by atoms with Crippen LogP contribution in [0.5, 0.6) is 0 Å². The minimum Gasteiger partial charge on any atom is -0.454 e. The van der Waals surface area contributed by atoms with Crippen molar-refractivity contribution in [1.82, 2.24) is 14.5 Å². The summed E-state index contributed by atoms with van der Waals surface area (Å²) in [4.78, 5) is 20.9. The Morgan fingerprint density at radius 1 is 1.17 bits per heavy atom. The molecule has 30 heavy (non-hydrogen) atoms. The van der Waals surface area contributed by atoms with Crippen LogP contribution in [-0.2, 0) is 16.0 Å². The van der Waals surface area contributed by atoms with Crippen LogP contribution in [0.25, 0.3) is 21.6 Å². The van der Waals surface area contributed by atoms with Gasteiger partial charge in [0.1, 0.15) is 10.8 Å². The molecule has 0 fully saturated rings. The molecule has 0 radical (unpaired) electrons. The number of para-hydroxylation sites is 2. The van der Waals surface area contributed by atoms with E-state index in [1.54, 1.807) is 35.7 Å². The standard InChI is InChI=1S/C21H16F3N3O2S/c1-12(19-26-16-7-2-3-8-17(16)27(19)21(23)24)29-18(28)10-15-11-30-20(25-15)13-5-4-6-14(22)9-13/h2-9,11-12,21H,10H2,1H3. The molecule has 2 heterocycles. The number of ether oxygens (including phenoxy) is 1. The number of hydrogen-bond acceptors (Lipinski definition) is 5. The summed E-state index contributed by atoms with van der Waals surface area (Å²) in [6.45, 7) is -1.32. The van der Waals surface area contributed by atoms with Crippen molar-refractivity contribution >= 4 is 28.3 Å². The summed E-state index contributed by atoms with van der Waals surface area (Å²) in [6.07, 6.45) is -1.11. The number of aromatic nitrogens is 3. The molecule has 0 aliphatic heterocycles. The summed E-state index contributed by atoms with van der Waals surface area (Å²) in [5.41, 5.74) is 1.73. The number of esters is 1. The summed E-state index contributed by atoms with van der Waals surface area (Å²) in [5, 5.41) is 2.26. The highest BCUT2D eigenvalue weighted by atomic mass is 32.1. The van der Waals surface area contributed by atoms with Gasteiger partial charge in [0, 0.05) is 10.9 Å². The zero-order valence-corrected chi connectivity index (χ0v) is 16.6. The molecule has 154 valence electrons. The first-order valence-electron chi connectivity index (χ1n) is 9.07. The van der Waals surface area contributed by atoms with Crippen LogP contribution >= 0.6 is 11.3 Å². The molecule has 0 N–H and O–H groups in total. The van der Waals surface area contributed by atoms with E-state index in [0.717, 1.165) is 4.57 Å². The summed E-state index contributed by atoms with van der Waals surface area (Å²) >= 11 is 1.28. The number of halogens is 3. The molecule has 5 nitrogen and oxygen atoms in total. The second-order valence-corrected chi connectivity index (χ2v) is 7.43. The van der Waals surface area contributed by atoms with Crippen LogP contribution in [0, 0.1) is 5.82 Å². The zero-order chi connectivity index (χ0) is 21.3. The summed E-state index contributed by atoms with van der Waals surface area (Å²) in [7, 11) is 0. The van der Waals surface area contributed by atoms with Crippen LogP contribution in [-0.4, -0.2) is 20.5 Å². The van der Waals surface area contributed by atoms with E-state index in [2.05, 4.69) is 9.97 Å². The molecule has 2 aromatic carbocycles. The van der Waals surface area contributed by atoms with E-state index >= 15 is 0 Å². The van der Waals surface area contributed by atoms with Crippen molar-refractivity contribution in [3.63, 3.8) is 0 Å². The molecule has 0 saturated heterocycles. The van der Waals surface area contributed by atoms with Gasteiger partial charge in [0.05, 0.1) is 23.1 Å². The van der Waals surface area contributed by atoms with Gasteiger partial charge in [0.2, 0.25) is 0 Å². The van der Waals surface area contributed by atoms with Crippen molar-refractivity contribution < 1.29 is 22.7 Å². The molecule has 0 amide bonds. The number of alkyl halides is 2. The first kappa shape index (κ1) is 20.1. The van der Waals surface area contributed by atoms with E-state index in [-0.39, 0.29) is 23.6 Å². The number of thiazole rings is 1. The maximum Gasteiger partial charge on any atom is 0.320 e. The van der Waals surface area contributed by atoms with Crippen LogP contribution in [0.2, 0.25) is 0 Å². The molecule has 0 saturated carbocycles. The van der Waals surface area contributed by atoms with Gasteiger partial charge in [-0.3, -0.25) is 9.36 Å². The Kier molecular flexibility index (Phi) is 5.54. The Bertz CT molecular complexity index is 1210. The third-order valence-corrected chi connectivity index (χ3v) is 5.38. The fourth-order valence-corrected chi connectivity index (χ4v) is 3.95. The predicted molar refractivity (Wildman–Crippen MR) is 107 cm³/mol. The Labute approximate surface area is 173 Å². The van der Waals surface area contributed by atoms with Crippen LogP contribution in [0.4, 0.5) is 13.2 Å². The minimum atomic E-state index is -2.82. The third-order valence-electron chi connectivity index (χ3n) is 4.44. The quantitative estimate of drug-likeness (QED) is 0.376. The molecule has 1 atom stereocenters. The van der Waals surface area contributed by atoms with Crippen LogP contribution < -0.4 is 0 Å². The first-order valence-corrected chi connectivity index (χ1v) is 9.95. The molecule has 0 spiro atoms. The molecule has 0 aliphatic carbocycles. The average molecular weight is 431 g/mol. The van der Waals surface area contributed by atoms with E-state index in [1.165, 1.54) is 36.5 Å². The van der Waals surface area contributed by atoms with E-state index in [1.807, 2.05) is 0 Å². The number of carbonyl (C=O) groups is 1. The van der Waals surface area contributed by atoms with Gasteiger partial charge < -0.3 is 4.74 Å². The molecule has 0 bridgehead atoms. The number of benzene rings is 2. The Balaban J connectivity index is 1.49. The van der Waals surface area contributed by atoms with Crippen LogP contribution in [0.1, 0.15) is 31.1 Å². The second-order valence-electron chi connectivity index (χ2n) is 6.57. The van der Waals surface area contributed by atoms with Crippen molar-refractivity contribution in [2.75, 3.05) is 0 Å². The average Bonchev–Trinajstić information content (AvgIpc) is 3.32. The Morgan fingerprint density at radius 3 is 2.73 bits per heavy atom. The van der Waals surface area contributed by atoms with E-state index < -0.39 is 18.6 Å². The van der Waals surface area contributed by atoms with E-state index in [4.69, 9.17) is 4.74 Å². The lowest BCUT2D eigenvalue weighted by atomic mass is 10.2. The molecule has 4 aromatic rings. The number of rotatable bonds is 6. The van der Waals surface area contributed by atoms with Crippen LogP contribution in [0.3, 0.4) is 0 Å². The van der Waals surface area contributed by atoms with Gasteiger partial charge in [-0.15, -0.1) is 11.3 Å². The fraction of sp³-hybridized carbons (Fsp3) is 0.190. The van der Waals surface area contributed by atoms with Gasteiger partial charge in [-0.1, -0.05) is 24.3 Å². The topological polar surface area (TPSA) is 57.0 Å². The molecule has 2 aromatic heterocycles. The maximum absolute atomic E-state index is 13.6. The normalized spacial score (nSPS) is 12.4. The number of fused-ring (bicyclic) bond motifs is 1. The highest BCUT2D eigenvalue weighted by molar-refractivity contribution is 7.13. The summed E-state index contributed by atoms with van der Waals surface area (Å²) in [5.74, 6) is -1.02. The van der Waals surface area contributed by atoms with Gasteiger partial charge >= 0.3 is 12.5 Å². The van der Waals surface area contributed by atoms with Gasteiger partial charge in [0.15, 0.2) is 11.9 Å². The largest absolute Gasteiger partial charge is 0.454 e. The van der Waals surface area contributed by atoms with Crippen LogP contribution in [0.15, 0.2) is 53.9 Å². The van der Waals surface area contributed by atoms with Gasteiger partial charge in [-0.25, -0.2) is 14.4 Å². The van der Waals surface area contributed by atoms with Gasteiger partial charge in [0.25, 0.3) is 0 Å². The molecular formula is C21H16F3N3O2S. The lowest BCUT2D eigenvalue weighted by Crippen LogP contribution is -2.16. The SMILES string of the molecule is CC(OC(=O)Cc1csc(-c2cccc(F)c2)n1)c1nc2ccccc2n1C(F)F. The molecular weight excluding hydrogens is 415 g/mol.